The van der Waals surface area contributed by atoms with E-state index in [1.807, 2.05) is 48.5 Å². The summed E-state index contributed by atoms with van der Waals surface area (Å²) in [6.45, 7) is 0.841. The van der Waals surface area contributed by atoms with E-state index in [9.17, 15) is 9.59 Å². The normalized spacial score (nSPS) is 16.4. The zero-order valence-corrected chi connectivity index (χ0v) is 18.1. The number of amides is 2. The molecule has 2 heterocycles. The maximum atomic E-state index is 13.4. The van der Waals surface area contributed by atoms with E-state index in [0.717, 1.165) is 11.1 Å². The Morgan fingerprint density at radius 3 is 2.65 bits per heavy atom. The molecular formula is C23H23N3O4S. The van der Waals surface area contributed by atoms with Gasteiger partial charge in [0.2, 0.25) is 5.91 Å². The fourth-order valence-electron chi connectivity index (χ4n) is 3.67. The van der Waals surface area contributed by atoms with Crippen molar-refractivity contribution in [3.63, 3.8) is 0 Å². The number of hydrogen-bond acceptors (Lipinski definition) is 6. The molecule has 160 valence electrons. The van der Waals surface area contributed by atoms with Crippen molar-refractivity contribution in [1.82, 2.24) is 15.2 Å². The molecule has 0 bridgehead atoms. The minimum atomic E-state index is -0.331. The Bertz CT molecular complexity index is 1080. The van der Waals surface area contributed by atoms with Gasteiger partial charge < -0.3 is 19.7 Å². The number of nitrogens with zero attached hydrogens (tertiary/aromatic N) is 2. The number of nitrogens with one attached hydrogen (secondary N) is 1. The molecule has 8 heteroatoms. The van der Waals surface area contributed by atoms with Crippen LogP contribution in [0.3, 0.4) is 0 Å². The van der Waals surface area contributed by atoms with E-state index in [-0.39, 0.29) is 24.3 Å². The van der Waals surface area contributed by atoms with Crippen LogP contribution >= 0.6 is 11.3 Å². The van der Waals surface area contributed by atoms with Gasteiger partial charge in [-0.15, -0.1) is 11.3 Å². The number of hydrogen-bond donors (Lipinski definition) is 1. The van der Waals surface area contributed by atoms with Crippen molar-refractivity contribution < 1.29 is 19.1 Å². The molecule has 1 saturated heterocycles. The Morgan fingerprint density at radius 1 is 1.13 bits per heavy atom. The fraction of sp³-hybridized carbons (Fsp3) is 0.261. The third-order valence-electron chi connectivity index (χ3n) is 5.23. The minimum Gasteiger partial charge on any atom is -0.493 e. The van der Waals surface area contributed by atoms with Gasteiger partial charge in [0.1, 0.15) is 10.7 Å². The summed E-state index contributed by atoms with van der Waals surface area (Å²) in [5, 5.41) is 5.33. The zero-order valence-electron chi connectivity index (χ0n) is 17.3. The highest BCUT2D eigenvalue weighted by Crippen LogP contribution is 2.34. The van der Waals surface area contributed by atoms with E-state index in [1.165, 1.54) is 11.3 Å². The summed E-state index contributed by atoms with van der Waals surface area (Å²) in [6.07, 6.45) is 0.225. The highest BCUT2D eigenvalue weighted by atomic mass is 32.1. The van der Waals surface area contributed by atoms with E-state index in [0.29, 0.717) is 35.3 Å². The molecule has 3 aromatic rings. The van der Waals surface area contributed by atoms with Crippen molar-refractivity contribution in [2.45, 2.75) is 12.5 Å². The van der Waals surface area contributed by atoms with Gasteiger partial charge >= 0.3 is 0 Å². The summed E-state index contributed by atoms with van der Waals surface area (Å²) >= 11 is 1.39. The molecule has 1 aromatic heterocycles. The van der Waals surface area contributed by atoms with Crippen LogP contribution in [0.25, 0.3) is 10.6 Å². The van der Waals surface area contributed by atoms with E-state index < -0.39 is 0 Å². The Balaban J connectivity index is 1.63. The maximum absolute atomic E-state index is 13.4. The standard InChI is InChI=1S/C23H23N3O4S/c1-29-19-9-8-16(12-20(19)30-2)22-25-17(14-31-22)23(28)26-11-10-24-21(27)13-18(26)15-6-4-3-5-7-15/h3-9,12,14,18H,10-11,13H2,1-2H3,(H,24,27). The first kappa shape index (κ1) is 20.9. The summed E-state index contributed by atoms with van der Waals surface area (Å²) in [5.74, 6) is 0.984. The largest absolute Gasteiger partial charge is 0.493 e. The van der Waals surface area contributed by atoms with Crippen LogP contribution in [0, 0.1) is 0 Å². The monoisotopic (exact) mass is 437 g/mol. The SMILES string of the molecule is COc1ccc(-c2nc(C(=O)N3CCNC(=O)CC3c3ccccc3)cs2)cc1OC. The highest BCUT2D eigenvalue weighted by molar-refractivity contribution is 7.13. The third-order valence-corrected chi connectivity index (χ3v) is 6.12. The van der Waals surface area contributed by atoms with Crippen LogP contribution < -0.4 is 14.8 Å². The smallest absolute Gasteiger partial charge is 0.273 e. The lowest BCUT2D eigenvalue weighted by molar-refractivity contribution is -0.121. The van der Waals surface area contributed by atoms with Crippen LogP contribution in [-0.4, -0.2) is 49.0 Å². The molecule has 1 N–H and O–H groups in total. The predicted molar refractivity (Wildman–Crippen MR) is 119 cm³/mol. The number of carbonyl (C=O) groups excluding carboxylic acids is 2. The number of ether oxygens (including phenoxy) is 2. The molecule has 4 rings (SSSR count). The summed E-state index contributed by atoms with van der Waals surface area (Å²) in [4.78, 5) is 31.9. The molecule has 7 nitrogen and oxygen atoms in total. The molecule has 1 atom stereocenters. The second-order valence-corrected chi connectivity index (χ2v) is 7.94. The molecule has 31 heavy (non-hydrogen) atoms. The molecule has 0 aliphatic carbocycles. The van der Waals surface area contributed by atoms with Crippen LogP contribution in [-0.2, 0) is 4.79 Å². The van der Waals surface area contributed by atoms with E-state index in [4.69, 9.17) is 9.47 Å². The Kier molecular flexibility index (Phi) is 6.18. The Labute approximate surface area is 184 Å². The predicted octanol–water partition coefficient (Wildman–Crippen LogP) is 3.53. The lowest BCUT2D eigenvalue weighted by Crippen LogP contribution is -2.36. The quantitative estimate of drug-likeness (QED) is 0.661. The van der Waals surface area contributed by atoms with Crippen molar-refractivity contribution in [2.75, 3.05) is 27.3 Å². The maximum Gasteiger partial charge on any atom is 0.273 e. The van der Waals surface area contributed by atoms with E-state index >= 15 is 0 Å². The van der Waals surface area contributed by atoms with Gasteiger partial charge in [-0.2, -0.15) is 0 Å². The molecule has 1 aliphatic rings. The minimum absolute atomic E-state index is 0.0616. The number of carbonyl (C=O) groups is 2. The first-order chi connectivity index (χ1) is 15.1. The molecule has 1 fully saturated rings. The zero-order chi connectivity index (χ0) is 21.8. The summed E-state index contributed by atoms with van der Waals surface area (Å²) in [7, 11) is 3.17. The van der Waals surface area contributed by atoms with Gasteiger partial charge in [0.15, 0.2) is 11.5 Å². The molecule has 2 amide bonds. The van der Waals surface area contributed by atoms with E-state index in [1.54, 1.807) is 24.5 Å². The molecule has 0 radical (unpaired) electrons. The number of aromatic nitrogens is 1. The molecule has 0 spiro atoms. The summed E-state index contributed by atoms with van der Waals surface area (Å²) in [5.41, 5.74) is 2.14. The summed E-state index contributed by atoms with van der Waals surface area (Å²) < 4.78 is 10.7. The average molecular weight is 438 g/mol. The molecule has 2 aromatic carbocycles. The van der Waals surface area contributed by atoms with Crippen LogP contribution in [0.5, 0.6) is 11.5 Å². The Morgan fingerprint density at radius 2 is 1.90 bits per heavy atom. The molecular weight excluding hydrogens is 414 g/mol. The third kappa shape index (κ3) is 4.39. The number of thiazole rings is 1. The van der Waals surface area contributed by atoms with Gasteiger partial charge in [-0.25, -0.2) is 4.98 Å². The molecule has 1 aliphatic heterocycles. The first-order valence-electron chi connectivity index (χ1n) is 9.91. The van der Waals surface area contributed by atoms with Crippen molar-refractivity contribution in [2.24, 2.45) is 0 Å². The first-order valence-corrected chi connectivity index (χ1v) is 10.8. The van der Waals surface area contributed by atoms with Crippen LogP contribution in [0.4, 0.5) is 0 Å². The van der Waals surface area contributed by atoms with Gasteiger partial charge in [-0.3, -0.25) is 9.59 Å². The van der Waals surface area contributed by atoms with Crippen LogP contribution in [0.1, 0.15) is 28.5 Å². The number of benzene rings is 2. The van der Waals surface area contributed by atoms with Gasteiger partial charge in [0.05, 0.1) is 26.7 Å². The Hall–Kier alpha value is -3.39. The van der Waals surface area contributed by atoms with Crippen LogP contribution in [0.2, 0.25) is 0 Å². The second kappa shape index (κ2) is 9.18. The van der Waals surface area contributed by atoms with Crippen molar-refractivity contribution in [1.29, 1.82) is 0 Å². The van der Waals surface area contributed by atoms with Gasteiger partial charge in [0.25, 0.3) is 5.91 Å². The van der Waals surface area contributed by atoms with Crippen molar-refractivity contribution in [3.05, 3.63) is 65.2 Å². The van der Waals surface area contributed by atoms with Gasteiger partial charge in [-0.05, 0) is 23.8 Å². The van der Waals surface area contributed by atoms with Crippen molar-refractivity contribution >= 4 is 23.2 Å². The highest BCUT2D eigenvalue weighted by Gasteiger charge is 2.31. The van der Waals surface area contributed by atoms with Gasteiger partial charge in [-0.1, -0.05) is 30.3 Å². The summed E-state index contributed by atoms with van der Waals surface area (Å²) in [6, 6.07) is 14.8. The lowest BCUT2D eigenvalue weighted by atomic mass is 10.0. The molecule has 0 saturated carbocycles. The van der Waals surface area contributed by atoms with Crippen LogP contribution in [0.15, 0.2) is 53.9 Å². The number of rotatable bonds is 5. The lowest BCUT2D eigenvalue weighted by Gasteiger charge is -2.29. The van der Waals surface area contributed by atoms with Crippen molar-refractivity contribution in [3.8, 4) is 22.1 Å². The number of methoxy groups -OCH3 is 2. The second-order valence-electron chi connectivity index (χ2n) is 7.09. The van der Waals surface area contributed by atoms with Gasteiger partial charge in [0, 0.05) is 24.0 Å². The fourth-order valence-corrected chi connectivity index (χ4v) is 4.46. The average Bonchev–Trinajstić information content (AvgIpc) is 3.22. The topological polar surface area (TPSA) is 80.8 Å². The molecule has 1 unspecified atom stereocenters. The van der Waals surface area contributed by atoms with E-state index in [2.05, 4.69) is 10.3 Å².